The number of rotatable bonds is 1. The van der Waals surface area contributed by atoms with Crippen LogP contribution in [0.15, 0.2) is 36.5 Å². The molecule has 0 aliphatic carbocycles. The van der Waals surface area contributed by atoms with Gasteiger partial charge in [-0.15, -0.1) is 0 Å². The van der Waals surface area contributed by atoms with E-state index in [9.17, 15) is 4.79 Å². The summed E-state index contributed by atoms with van der Waals surface area (Å²) in [5.41, 5.74) is 0.470. The Morgan fingerprint density at radius 2 is 2.13 bits per heavy atom. The van der Waals surface area contributed by atoms with E-state index in [1.807, 2.05) is 36.4 Å². The Labute approximate surface area is 87.4 Å². The fraction of sp³-hybridized carbons (Fsp3) is 0.0833. The highest BCUT2D eigenvalue weighted by Gasteiger charge is 2.09. The fourth-order valence-electron chi connectivity index (χ4n) is 1.50. The van der Waals surface area contributed by atoms with Gasteiger partial charge < -0.3 is 10.1 Å². The van der Waals surface area contributed by atoms with Gasteiger partial charge in [0.05, 0.1) is 7.11 Å². The Kier molecular flexibility index (Phi) is 2.54. The number of methoxy groups -OCH3 is 1. The monoisotopic (exact) mass is 201 g/mol. The second-order valence-corrected chi connectivity index (χ2v) is 3.12. The van der Waals surface area contributed by atoms with Crippen molar-refractivity contribution in [1.29, 1.82) is 0 Å². The number of hydrogen-bond acceptors (Lipinski definition) is 3. The Morgan fingerprint density at radius 1 is 1.33 bits per heavy atom. The van der Waals surface area contributed by atoms with E-state index < -0.39 is 0 Å². The molecule has 0 saturated heterocycles. The highest BCUT2D eigenvalue weighted by Crippen LogP contribution is 1.93. The summed E-state index contributed by atoms with van der Waals surface area (Å²) in [5.74, 6) is -0.359. The lowest BCUT2D eigenvalue weighted by molar-refractivity contribution is -0.134. The number of benzene rings is 1. The molecule has 1 aliphatic rings. The zero-order valence-corrected chi connectivity index (χ0v) is 8.36. The Hall–Kier alpha value is -2.03. The lowest BCUT2D eigenvalue weighted by Gasteiger charge is -2.03. The zero-order valence-electron chi connectivity index (χ0n) is 8.36. The van der Waals surface area contributed by atoms with E-state index in [-0.39, 0.29) is 5.97 Å². The van der Waals surface area contributed by atoms with Gasteiger partial charge in [0.25, 0.3) is 0 Å². The predicted octanol–water partition coefficient (Wildman–Crippen LogP) is -0.135. The van der Waals surface area contributed by atoms with Crippen molar-refractivity contribution in [1.82, 2.24) is 5.32 Å². The summed E-state index contributed by atoms with van der Waals surface area (Å²) in [6.07, 6.45) is 5.51. The third-order valence-electron chi connectivity index (χ3n) is 2.22. The van der Waals surface area contributed by atoms with Crippen molar-refractivity contribution in [2.45, 2.75) is 0 Å². The second-order valence-electron chi connectivity index (χ2n) is 3.12. The number of carbonyl (C=O) groups is 1. The predicted molar refractivity (Wildman–Crippen MR) is 57.9 cm³/mol. The summed E-state index contributed by atoms with van der Waals surface area (Å²) in [6.45, 7) is 0. The van der Waals surface area contributed by atoms with Gasteiger partial charge in [-0.05, 0) is 11.3 Å². The Bertz CT molecular complexity index is 529. The average Bonchev–Trinajstić information content (AvgIpc) is 2.50. The highest BCUT2D eigenvalue weighted by atomic mass is 16.5. The molecule has 3 heteroatoms. The summed E-state index contributed by atoms with van der Waals surface area (Å²) < 4.78 is 4.72. The number of allylic oxidation sites excluding steroid dienone is 1. The quantitative estimate of drug-likeness (QED) is 0.643. The number of esters is 1. The van der Waals surface area contributed by atoms with Gasteiger partial charge in [0.15, 0.2) is 0 Å². The first-order valence-electron chi connectivity index (χ1n) is 4.64. The third-order valence-corrected chi connectivity index (χ3v) is 2.22. The highest BCUT2D eigenvalue weighted by molar-refractivity contribution is 6.09. The molecule has 0 fully saturated rings. The summed E-state index contributed by atoms with van der Waals surface area (Å²) >= 11 is 0. The Morgan fingerprint density at radius 3 is 2.93 bits per heavy atom. The SMILES string of the molecule is COC(=O)C1=c2ccccc2=CC=CN1. The third kappa shape index (κ3) is 1.76. The maximum atomic E-state index is 11.5. The first-order chi connectivity index (χ1) is 7.33. The average molecular weight is 201 g/mol. The lowest BCUT2D eigenvalue weighted by atomic mass is 10.2. The smallest absolute Gasteiger partial charge is 0.355 e. The van der Waals surface area contributed by atoms with Crippen molar-refractivity contribution < 1.29 is 9.53 Å². The van der Waals surface area contributed by atoms with Gasteiger partial charge in [-0.2, -0.15) is 0 Å². The maximum absolute atomic E-state index is 11.5. The number of hydrogen-bond donors (Lipinski definition) is 1. The minimum absolute atomic E-state index is 0.359. The molecule has 0 saturated carbocycles. The van der Waals surface area contributed by atoms with Crippen molar-refractivity contribution in [3.63, 3.8) is 0 Å². The van der Waals surface area contributed by atoms with E-state index in [0.717, 1.165) is 10.4 Å². The number of nitrogens with one attached hydrogen (secondary N) is 1. The number of fused-ring (bicyclic) bond motifs is 1. The van der Waals surface area contributed by atoms with Crippen LogP contribution in [0, 0.1) is 0 Å². The van der Waals surface area contributed by atoms with Gasteiger partial charge in [-0.1, -0.05) is 30.3 Å². The molecule has 0 aromatic heterocycles. The molecule has 0 amide bonds. The molecule has 2 rings (SSSR count). The van der Waals surface area contributed by atoms with E-state index in [4.69, 9.17) is 4.74 Å². The molecule has 0 bridgehead atoms. The van der Waals surface area contributed by atoms with Crippen LogP contribution in [0.2, 0.25) is 0 Å². The minimum atomic E-state index is -0.359. The lowest BCUT2D eigenvalue weighted by Crippen LogP contribution is -2.32. The maximum Gasteiger partial charge on any atom is 0.355 e. The van der Waals surface area contributed by atoms with Gasteiger partial charge in [0.1, 0.15) is 5.70 Å². The van der Waals surface area contributed by atoms with Crippen LogP contribution >= 0.6 is 0 Å². The summed E-state index contributed by atoms with van der Waals surface area (Å²) in [6, 6.07) is 7.67. The molecule has 0 atom stereocenters. The molecule has 0 radical (unpaired) electrons. The second kappa shape index (κ2) is 4.00. The normalized spacial score (nSPS) is 13.3. The summed E-state index contributed by atoms with van der Waals surface area (Å²) in [7, 11) is 1.37. The van der Waals surface area contributed by atoms with Crippen LogP contribution in [0.5, 0.6) is 0 Å². The number of carbonyl (C=O) groups excluding carboxylic acids is 1. The van der Waals surface area contributed by atoms with Crippen molar-refractivity contribution >= 4 is 17.7 Å². The Balaban J connectivity index is 2.76. The first kappa shape index (κ1) is 9.52. The van der Waals surface area contributed by atoms with Gasteiger partial charge in [0, 0.05) is 11.4 Å². The molecule has 0 unspecified atom stereocenters. The molecular formula is C12H11NO2. The van der Waals surface area contributed by atoms with E-state index in [1.165, 1.54) is 7.11 Å². The van der Waals surface area contributed by atoms with Crippen LogP contribution < -0.4 is 15.8 Å². The summed E-state index contributed by atoms with van der Waals surface area (Å²) in [5, 5.41) is 4.77. The van der Waals surface area contributed by atoms with E-state index >= 15 is 0 Å². The zero-order chi connectivity index (χ0) is 10.7. The fourth-order valence-corrected chi connectivity index (χ4v) is 1.50. The molecule has 3 nitrogen and oxygen atoms in total. The summed E-state index contributed by atoms with van der Waals surface area (Å²) in [4.78, 5) is 11.5. The van der Waals surface area contributed by atoms with Crippen LogP contribution in [0.25, 0.3) is 11.8 Å². The van der Waals surface area contributed by atoms with Crippen molar-refractivity contribution in [2.75, 3.05) is 7.11 Å². The number of ether oxygens (including phenoxy) is 1. The largest absolute Gasteiger partial charge is 0.464 e. The van der Waals surface area contributed by atoms with Crippen molar-refractivity contribution in [3.8, 4) is 0 Å². The molecule has 1 N–H and O–H groups in total. The van der Waals surface area contributed by atoms with Crippen LogP contribution in [0.1, 0.15) is 0 Å². The van der Waals surface area contributed by atoms with E-state index in [2.05, 4.69) is 5.32 Å². The minimum Gasteiger partial charge on any atom is -0.464 e. The van der Waals surface area contributed by atoms with Crippen LogP contribution in [-0.4, -0.2) is 13.1 Å². The van der Waals surface area contributed by atoms with E-state index in [1.54, 1.807) is 6.20 Å². The van der Waals surface area contributed by atoms with Crippen LogP contribution in [-0.2, 0) is 9.53 Å². The molecule has 1 heterocycles. The molecule has 1 aliphatic heterocycles. The molecule has 15 heavy (non-hydrogen) atoms. The molecular weight excluding hydrogens is 190 g/mol. The van der Waals surface area contributed by atoms with E-state index in [0.29, 0.717) is 5.70 Å². The van der Waals surface area contributed by atoms with Crippen molar-refractivity contribution in [2.24, 2.45) is 0 Å². The van der Waals surface area contributed by atoms with Gasteiger partial charge in [-0.25, -0.2) is 4.79 Å². The van der Waals surface area contributed by atoms with Gasteiger partial charge in [-0.3, -0.25) is 0 Å². The van der Waals surface area contributed by atoms with Gasteiger partial charge >= 0.3 is 5.97 Å². The van der Waals surface area contributed by atoms with Crippen LogP contribution in [0.4, 0.5) is 0 Å². The molecule has 76 valence electrons. The topological polar surface area (TPSA) is 38.3 Å². The van der Waals surface area contributed by atoms with Crippen LogP contribution in [0.3, 0.4) is 0 Å². The molecule has 1 aromatic carbocycles. The molecule has 0 spiro atoms. The van der Waals surface area contributed by atoms with Crippen molar-refractivity contribution in [3.05, 3.63) is 47.0 Å². The molecule has 1 aromatic rings. The standard InChI is InChI=1S/C12H11NO2/c1-15-12(14)11-10-7-3-2-5-9(10)6-4-8-13-11/h2-8,13H,1H3. The van der Waals surface area contributed by atoms with Gasteiger partial charge in [0.2, 0.25) is 0 Å². The first-order valence-corrected chi connectivity index (χ1v) is 4.64.